The number of hydrogen-bond donors (Lipinski definition) is 1. The topological polar surface area (TPSA) is 43.8 Å². The van der Waals surface area contributed by atoms with Crippen molar-refractivity contribution in [3.8, 4) is 11.3 Å². The number of anilines is 1. The number of aryl methyl sites for hydroxylation is 2. The van der Waals surface area contributed by atoms with Crippen molar-refractivity contribution >= 4 is 17.0 Å². The van der Waals surface area contributed by atoms with Crippen LogP contribution in [-0.4, -0.2) is 9.78 Å². The van der Waals surface area contributed by atoms with Crippen LogP contribution in [0.2, 0.25) is 0 Å². The minimum absolute atomic E-state index is 0.740. The van der Waals surface area contributed by atoms with Crippen LogP contribution >= 0.6 is 11.3 Å². The lowest BCUT2D eigenvalue weighted by Crippen LogP contribution is -1.95. The van der Waals surface area contributed by atoms with Crippen LogP contribution < -0.4 is 5.73 Å². The largest absolute Gasteiger partial charge is 0.396 e. The Morgan fingerprint density at radius 3 is 2.69 bits per heavy atom. The molecule has 4 heteroatoms. The van der Waals surface area contributed by atoms with Crippen LogP contribution in [0, 0.1) is 6.92 Å². The zero-order valence-electron chi connectivity index (χ0n) is 7.61. The molecule has 0 saturated heterocycles. The zero-order chi connectivity index (χ0) is 9.42. The molecule has 13 heavy (non-hydrogen) atoms. The van der Waals surface area contributed by atoms with Crippen molar-refractivity contribution in [2.24, 2.45) is 7.05 Å². The molecule has 0 radical (unpaired) electrons. The normalized spacial score (nSPS) is 10.6. The number of nitrogen functional groups attached to an aromatic ring is 1. The van der Waals surface area contributed by atoms with Crippen molar-refractivity contribution in [2.75, 3.05) is 5.73 Å². The van der Waals surface area contributed by atoms with Crippen molar-refractivity contribution in [1.29, 1.82) is 0 Å². The zero-order valence-corrected chi connectivity index (χ0v) is 8.43. The van der Waals surface area contributed by atoms with Crippen molar-refractivity contribution < 1.29 is 0 Å². The standard InChI is InChI=1S/C9H11N3S/c1-6-4-13-5-7(6)9-8(10)3-11-12(9)2/h3-5H,10H2,1-2H3. The summed E-state index contributed by atoms with van der Waals surface area (Å²) in [6, 6.07) is 0. The molecule has 0 saturated carbocycles. The summed E-state index contributed by atoms with van der Waals surface area (Å²) in [5.41, 5.74) is 10.0. The minimum atomic E-state index is 0.740. The molecular weight excluding hydrogens is 182 g/mol. The Balaban J connectivity index is 2.64. The highest BCUT2D eigenvalue weighted by Crippen LogP contribution is 2.30. The van der Waals surface area contributed by atoms with Gasteiger partial charge in [-0.25, -0.2) is 0 Å². The van der Waals surface area contributed by atoms with Crippen LogP contribution in [0.4, 0.5) is 5.69 Å². The van der Waals surface area contributed by atoms with Gasteiger partial charge < -0.3 is 5.73 Å². The fourth-order valence-electron chi connectivity index (χ4n) is 1.39. The third-order valence-electron chi connectivity index (χ3n) is 2.08. The second-order valence-electron chi connectivity index (χ2n) is 3.04. The maximum Gasteiger partial charge on any atom is 0.0919 e. The number of aromatic nitrogens is 2. The van der Waals surface area contributed by atoms with Gasteiger partial charge in [-0.1, -0.05) is 0 Å². The summed E-state index contributed by atoms with van der Waals surface area (Å²) in [7, 11) is 1.91. The number of thiophene rings is 1. The fraction of sp³-hybridized carbons (Fsp3) is 0.222. The Morgan fingerprint density at radius 2 is 2.23 bits per heavy atom. The summed E-state index contributed by atoms with van der Waals surface area (Å²) in [6.07, 6.45) is 1.69. The number of nitrogens with zero attached hydrogens (tertiary/aromatic N) is 2. The number of hydrogen-bond acceptors (Lipinski definition) is 3. The van der Waals surface area contributed by atoms with Crippen LogP contribution in [-0.2, 0) is 7.05 Å². The monoisotopic (exact) mass is 193 g/mol. The van der Waals surface area contributed by atoms with E-state index in [1.165, 1.54) is 11.1 Å². The van der Waals surface area contributed by atoms with Gasteiger partial charge in [0.25, 0.3) is 0 Å². The lowest BCUT2D eigenvalue weighted by atomic mass is 10.1. The number of nitrogens with two attached hydrogens (primary N) is 1. The molecular formula is C9H11N3S. The Morgan fingerprint density at radius 1 is 1.46 bits per heavy atom. The predicted octanol–water partition coefficient (Wildman–Crippen LogP) is 2.04. The third-order valence-corrected chi connectivity index (χ3v) is 2.94. The van der Waals surface area contributed by atoms with Gasteiger partial charge in [0, 0.05) is 18.0 Å². The molecule has 0 bridgehead atoms. The first-order chi connectivity index (χ1) is 6.20. The van der Waals surface area contributed by atoms with E-state index in [0.717, 1.165) is 11.4 Å². The molecule has 2 N–H and O–H groups in total. The van der Waals surface area contributed by atoms with Gasteiger partial charge in [-0.3, -0.25) is 4.68 Å². The van der Waals surface area contributed by atoms with E-state index in [1.54, 1.807) is 17.5 Å². The average molecular weight is 193 g/mol. The summed E-state index contributed by atoms with van der Waals surface area (Å²) >= 11 is 1.69. The molecule has 0 amide bonds. The average Bonchev–Trinajstić information content (AvgIpc) is 2.60. The first-order valence-corrected chi connectivity index (χ1v) is 4.95. The molecule has 2 heterocycles. The molecule has 2 rings (SSSR count). The molecule has 0 atom stereocenters. The van der Waals surface area contributed by atoms with Crippen molar-refractivity contribution in [1.82, 2.24) is 9.78 Å². The Labute approximate surface area is 80.8 Å². The van der Waals surface area contributed by atoms with Crippen LogP contribution in [0.15, 0.2) is 17.0 Å². The van der Waals surface area contributed by atoms with E-state index >= 15 is 0 Å². The van der Waals surface area contributed by atoms with Gasteiger partial charge in [0.05, 0.1) is 17.6 Å². The van der Waals surface area contributed by atoms with Gasteiger partial charge in [0.15, 0.2) is 0 Å². The molecule has 68 valence electrons. The van der Waals surface area contributed by atoms with E-state index < -0.39 is 0 Å². The quantitative estimate of drug-likeness (QED) is 0.753. The molecule has 3 nitrogen and oxygen atoms in total. The lowest BCUT2D eigenvalue weighted by molar-refractivity contribution is 0.776. The van der Waals surface area contributed by atoms with Crippen molar-refractivity contribution in [2.45, 2.75) is 6.92 Å². The highest BCUT2D eigenvalue weighted by Gasteiger charge is 2.10. The predicted molar refractivity (Wildman–Crippen MR) is 55.7 cm³/mol. The molecule has 0 fully saturated rings. The van der Waals surface area contributed by atoms with Gasteiger partial charge in [-0.15, -0.1) is 0 Å². The Bertz CT molecular complexity index is 408. The summed E-state index contributed by atoms with van der Waals surface area (Å²) in [4.78, 5) is 0. The smallest absolute Gasteiger partial charge is 0.0919 e. The van der Waals surface area contributed by atoms with Gasteiger partial charge in [0.2, 0.25) is 0 Å². The molecule has 0 aliphatic heterocycles. The van der Waals surface area contributed by atoms with Gasteiger partial charge in [-0.05, 0) is 17.9 Å². The highest BCUT2D eigenvalue weighted by atomic mass is 32.1. The van der Waals surface area contributed by atoms with E-state index in [2.05, 4.69) is 22.8 Å². The van der Waals surface area contributed by atoms with E-state index in [1.807, 2.05) is 11.7 Å². The first kappa shape index (κ1) is 8.31. The Hall–Kier alpha value is -1.29. The molecule has 0 aromatic carbocycles. The molecule has 2 aromatic rings. The molecule has 0 spiro atoms. The SMILES string of the molecule is Cc1cscc1-c1c(N)cnn1C. The minimum Gasteiger partial charge on any atom is -0.396 e. The summed E-state index contributed by atoms with van der Waals surface area (Å²) in [6.45, 7) is 2.08. The van der Waals surface area contributed by atoms with E-state index in [9.17, 15) is 0 Å². The van der Waals surface area contributed by atoms with Gasteiger partial charge in [-0.2, -0.15) is 16.4 Å². The third kappa shape index (κ3) is 1.23. The second kappa shape index (κ2) is 2.88. The maximum atomic E-state index is 5.82. The van der Waals surface area contributed by atoms with Crippen LogP contribution in [0.25, 0.3) is 11.3 Å². The van der Waals surface area contributed by atoms with Gasteiger partial charge >= 0.3 is 0 Å². The Kier molecular flexibility index (Phi) is 1.84. The molecule has 0 unspecified atom stereocenters. The number of rotatable bonds is 1. The molecule has 2 aromatic heterocycles. The molecule has 0 aliphatic rings. The summed E-state index contributed by atoms with van der Waals surface area (Å²) in [5.74, 6) is 0. The van der Waals surface area contributed by atoms with E-state index in [0.29, 0.717) is 0 Å². The van der Waals surface area contributed by atoms with E-state index in [-0.39, 0.29) is 0 Å². The van der Waals surface area contributed by atoms with Gasteiger partial charge in [0.1, 0.15) is 0 Å². The van der Waals surface area contributed by atoms with Crippen LogP contribution in [0.5, 0.6) is 0 Å². The summed E-state index contributed by atoms with van der Waals surface area (Å²) < 4.78 is 1.81. The first-order valence-electron chi connectivity index (χ1n) is 4.01. The highest BCUT2D eigenvalue weighted by molar-refractivity contribution is 7.08. The van der Waals surface area contributed by atoms with Crippen molar-refractivity contribution in [3.63, 3.8) is 0 Å². The van der Waals surface area contributed by atoms with E-state index in [4.69, 9.17) is 5.73 Å². The van der Waals surface area contributed by atoms with Crippen LogP contribution in [0.1, 0.15) is 5.56 Å². The fourth-order valence-corrected chi connectivity index (χ4v) is 2.22. The maximum absolute atomic E-state index is 5.82. The lowest BCUT2D eigenvalue weighted by Gasteiger charge is -2.01. The second-order valence-corrected chi connectivity index (χ2v) is 3.78. The van der Waals surface area contributed by atoms with Crippen LogP contribution in [0.3, 0.4) is 0 Å². The summed E-state index contributed by atoms with van der Waals surface area (Å²) in [5, 5.41) is 8.32. The van der Waals surface area contributed by atoms with Crippen molar-refractivity contribution in [3.05, 3.63) is 22.5 Å². The molecule has 0 aliphatic carbocycles.